The van der Waals surface area contributed by atoms with Crippen LogP contribution in [0.3, 0.4) is 0 Å². The van der Waals surface area contributed by atoms with E-state index in [-0.39, 0.29) is 35.7 Å². The van der Waals surface area contributed by atoms with Gasteiger partial charge < -0.3 is 19.5 Å². The third-order valence-corrected chi connectivity index (χ3v) is 6.52. The molecule has 14 heteroatoms. The highest BCUT2D eigenvalue weighted by atomic mass is 19.1. The van der Waals surface area contributed by atoms with Crippen molar-refractivity contribution in [2.75, 3.05) is 38.2 Å². The van der Waals surface area contributed by atoms with Crippen LogP contribution in [0, 0.1) is 5.95 Å². The highest BCUT2D eigenvalue weighted by Gasteiger charge is 2.31. The second kappa shape index (κ2) is 9.89. The second-order valence-electron chi connectivity index (χ2n) is 8.66. The first-order chi connectivity index (χ1) is 19.1. The lowest BCUT2D eigenvalue weighted by molar-refractivity contribution is -0.126. The zero-order valence-corrected chi connectivity index (χ0v) is 20.7. The van der Waals surface area contributed by atoms with Crippen molar-refractivity contribution in [2.24, 2.45) is 0 Å². The molecule has 0 aliphatic carbocycles. The maximum absolute atomic E-state index is 14.4. The van der Waals surface area contributed by atoms with E-state index in [4.69, 9.17) is 4.74 Å². The third-order valence-electron chi connectivity index (χ3n) is 6.52. The van der Waals surface area contributed by atoms with Crippen LogP contribution in [0.2, 0.25) is 0 Å². The van der Waals surface area contributed by atoms with Gasteiger partial charge in [0, 0.05) is 44.8 Å². The molecule has 0 radical (unpaired) electrons. The Kier molecular flexibility index (Phi) is 6.11. The molecule has 0 spiro atoms. The fraction of sp³-hybridized carbons (Fsp3) is 0.200. The molecule has 6 heterocycles. The van der Waals surface area contributed by atoms with Gasteiger partial charge >= 0.3 is 0 Å². The van der Waals surface area contributed by atoms with Gasteiger partial charge in [0.05, 0.1) is 41.0 Å². The molecule has 1 amide bonds. The van der Waals surface area contributed by atoms with E-state index in [9.17, 15) is 14.0 Å². The Labute approximate surface area is 220 Å². The number of pyridine rings is 3. The number of H-pyrrole nitrogens is 1. The number of tetrazole rings is 1. The molecule has 5 aromatic heterocycles. The van der Waals surface area contributed by atoms with Gasteiger partial charge in [0.15, 0.2) is 5.82 Å². The number of methoxy groups -OCH3 is 1. The molecule has 6 rings (SSSR count). The Morgan fingerprint density at radius 2 is 1.85 bits per heavy atom. The van der Waals surface area contributed by atoms with Gasteiger partial charge in [-0.25, -0.2) is 15.0 Å². The summed E-state index contributed by atoms with van der Waals surface area (Å²) in [5.74, 6) is -0.734. The lowest BCUT2D eigenvalue weighted by atomic mass is 10.0. The summed E-state index contributed by atoms with van der Waals surface area (Å²) in [5, 5.41) is 12.3. The van der Waals surface area contributed by atoms with Gasteiger partial charge in [-0.15, -0.1) is 0 Å². The highest BCUT2D eigenvalue weighted by molar-refractivity contribution is 6.45. The molecule has 0 aromatic carbocycles. The van der Waals surface area contributed by atoms with Crippen LogP contribution in [0.4, 0.5) is 10.3 Å². The summed E-state index contributed by atoms with van der Waals surface area (Å²) in [4.78, 5) is 45.4. The van der Waals surface area contributed by atoms with E-state index in [2.05, 4.69) is 35.5 Å². The summed E-state index contributed by atoms with van der Waals surface area (Å²) in [7, 11) is 1.43. The Balaban J connectivity index is 1.24. The van der Waals surface area contributed by atoms with E-state index >= 15 is 0 Å². The van der Waals surface area contributed by atoms with E-state index in [1.807, 2.05) is 11.0 Å². The number of nitrogens with one attached hydrogen (secondary N) is 1. The van der Waals surface area contributed by atoms with Crippen LogP contribution in [0.15, 0.2) is 55.1 Å². The monoisotopic (exact) mass is 528 g/mol. The minimum absolute atomic E-state index is 0.112. The third kappa shape index (κ3) is 4.21. The Hall–Kier alpha value is -5.27. The molecular weight excluding hydrogens is 507 g/mol. The molecule has 1 aliphatic rings. The van der Waals surface area contributed by atoms with Crippen LogP contribution in [-0.4, -0.2) is 90.0 Å². The number of hydrogen-bond acceptors (Lipinski definition) is 10. The van der Waals surface area contributed by atoms with Gasteiger partial charge in [-0.05, 0) is 34.7 Å². The van der Waals surface area contributed by atoms with E-state index in [0.717, 1.165) is 0 Å². The van der Waals surface area contributed by atoms with Gasteiger partial charge in [0.2, 0.25) is 5.95 Å². The highest BCUT2D eigenvalue weighted by Crippen LogP contribution is 2.35. The predicted octanol–water partition coefficient (Wildman–Crippen LogP) is 1.67. The fourth-order valence-electron chi connectivity index (χ4n) is 4.59. The molecule has 1 saturated heterocycles. The first-order valence-electron chi connectivity index (χ1n) is 12.0. The summed E-state index contributed by atoms with van der Waals surface area (Å²) < 4.78 is 21.4. The molecule has 1 N–H and O–H groups in total. The van der Waals surface area contributed by atoms with Crippen molar-refractivity contribution < 1.29 is 18.7 Å². The predicted molar refractivity (Wildman–Crippen MR) is 136 cm³/mol. The molecule has 5 aromatic rings. The average molecular weight is 529 g/mol. The summed E-state index contributed by atoms with van der Waals surface area (Å²) >= 11 is 0. The van der Waals surface area contributed by atoms with E-state index in [1.54, 1.807) is 24.4 Å². The Bertz CT molecular complexity index is 1680. The number of halogens is 1. The molecule has 13 nitrogen and oxygen atoms in total. The Morgan fingerprint density at radius 3 is 2.59 bits per heavy atom. The number of fused-ring (bicyclic) bond motifs is 1. The zero-order chi connectivity index (χ0) is 26.9. The summed E-state index contributed by atoms with van der Waals surface area (Å²) in [5.41, 5.74) is 0.883. The molecule has 1 fully saturated rings. The number of anilines is 1. The number of piperazine rings is 1. The van der Waals surface area contributed by atoms with Gasteiger partial charge in [-0.2, -0.15) is 9.07 Å². The molecular formula is C25H21FN10O3. The van der Waals surface area contributed by atoms with Crippen molar-refractivity contribution in [1.29, 1.82) is 0 Å². The minimum atomic E-state index is -0.713. The first-order valence-corrected chi connectivity index (χ1v) is 12.0. The number of rotatable bonds is 6. The maximum Gasteiger partial charge on any atom is 0.295 e. The number of amides is 1. The van der Waals surface area contributed by atoms with E-state index in [1.165, 1.54) is 41.3 Å². The van der Waals surface area contributed by atoms with E-state index in [0.29, 0.717) is 35.8 Å². The molecule has 0 bridgehead atoms. The van der Waals surface area contributed by atoms with Gasteiger partial charge in [-0.3, -0.25) is 9.59 Å². The standard InChI is InChI=1S/C25H21FN10O3/c1-39-17-14-30-20(15-5-4-8-28-23(15)26)21-19(17)16(13-29-21)22(37)24(38)34-9-11-35(12-10-34)25-31-32-33-36(25)18-6-2-3-7-27-18/h2-8,13-14,29H,9-12H2,1H3. The molecule has 0 atom stereocenters. The summed E-state index contributed by atoms with van der Waals surface area (Å²) in [6, 6.07) is 8.54. The molecule has 1 aliphatic heterocycles. The normalized spacial score (nSPS) is 13.6. The lowest BCUT2D eigenvalue weighted by Gasteiger charge is -2.34. The van der Waals surface area contributed by atoms with Crippen molar-refractivity contribution in [1.82, 2.24) is 45.0 Å². The van der Waals surface area contributed by atoms with Gasteiger partial charge in [0.25, 0.3) is 17.6 Å². The van der Waals surface area contributed by atoms with Crippen LogP contribution < -0.4 is 9.64 Å². The molecule has 0 saturated carbocycles. The van der Waals surface area contributed by atoms with Gasteiger partial charge in [0.1, 0.15) is 5.75 Å². The Morgan fingerprint density at radius 1 is 1.03 bits per heavy atom. The number of Topliss-reactive ketones (excluding diaryl/α,β-unsaturated/α-hetero) is 1. The number of aromatic nitrogens is 8. The second-order valence-corrected chi connectivity index (χ2v) is 8.66. The lowest BCUT2D eigenvalue weighted by Crippen LogP contribution is -2.51. The number of carbonyl (C=O) groups excluding carboxylic acids is 2. The maximum atomic E-state index is 14.4. The summed E-state index contributed by atoms with van der Waals surface area (Å²) in [6.45, 7) is 1.40. The first kappa shape index (κ1) is 24.1. The number of carbonyl (C=O) groups is 2. The number of hydrogen-bond donors (Lipinski definition) is 1. The van der Waals surface area contributed by atoms with Gasteiger partial charge in [-0.1, -0.05) is 11.2 Å². The molecule has 39 heavy (non-hydrogen) atoms. The van der Waals surface area contributed by atoms with Crippen LogP contribution >= 0.6 is 0 Å². The van der Waals surface area contributed by atoms with Crippen molar-refractivity contribution in [3.05, 3.63) is 66.6 Å². The van der Waals surface area contributed by atoms with E-state index < -0.39 is 17.6 Å². The van der Waals surface area contributed by atoms with Crippen LogP contribution in [0.1, 0.15) is 10.4 Å². The van der Waals surface area contributed by atoms with Crippen molar-refractivity contribution in [2.45, 2.75) is 0 Å². The van der Waals surface area contributed by atoms with Crippen LogP contribution in [0.5, 0.6) is 5.75 Å². The SMILES string of the molecule is COc1cnc(-c2cccnc2F)c2[nH]cc(C(=O)C(=O)N3CCN(c4nnnn4-c4ccccn4)CC3)c12. The molecule has 0 unspecified atom stereocenters. The van der Waals surface area contributed by atoms with Crippen molar-refractivity contribution in [3.63, 3.8) is 0 Å². The largest absolute Gasteiger partial charge is 0.494 e. The minimum Gasteiger partial charge on any atom is -0.494 e. The number of nitrogens with zero attached hydrogens (tertiary/aromatic N) is 9. The topological polar surface area (TPSA) is 148 Å². The smallest absolute Gasteiger partial charge is 0.295 e. The van der Waals surface area contributed by atoms with Crippen molar-refractivity contribution >= 4 is 28.5 Å². The molecule has 196 valence electrons. The number of aromatic amines is 1. The number of ether oxygens (including phenoxy) is 1. The van der Waals surface area contributed by atoms with Crippen LogP contribution in [0.25, 0.3) is 28.0 Å². The summed E-state index contributed by atoms with van der Waals surface area (Å²) in [6.07, 6.45) is 5.80. The number of ketones is 1. The van der Waals surface area contributed by atoms with Crippen molar-refractivity contribution in [3.8, 4) is 22.8 Å². The zero-order valence-electron chi connectivity index (χ0n) is 20.7. The average Bonchev–Trinajstić information content (AvgIpc) is 3.65. The quantitative estimate of drug-likeness (QED) is 0.196. The fourth-order valence-corrected chi connectivity index (χ4v) is 4.59. The van der Waals surface area contributed by atoms with Crippen LogP contribution in [-0.2, 0) is 4.79 Å².